The van der Waals surface area contributed by atoms with Gasteiger partial charge in [0.1, 0.15) is 17.7 Å². The van der Waals surface area contributed by atoms with Gasteiger partial charge in [0, 0.05) is 5.69 Å². The third-order valence-electron chi connectivity index (χ3n) is 4.45. The Morgan fingerprint density at radius 3 is 2.50 bits per heavy atom. The first-order valence-corrected chi connectivity index (χ1v) is 8.88. The first kappa shape index (κ1) is 19.9. The van der Waals surface area contributed by atoms with E-state index in [0.717, 1.165) is 17.7 Å². The van der Waals surface area contributed by atoms with Gasteiger partial charge in [-0.3, -0.25) is 9.48 Å². The van der Waals surface area contributed by atoms with E-state index in [1.165, 1.54) is 24.3 Å². The van der Waals surface area contributed by atoms with E-state index in [4.69, 9.17) is 4.74 Å². The van der Waals surface area contributed by atoms with Crippen LogP contribution in [-0.2, 0) is 17.9 Å². The predicted octanol–water partition coefficient (Wildman–Crippen LogP) is 4.44. The van der Waals surface area contributed by atoms with Crippen molar-refractivity contribution in [3.8, 4) is 5.75 Å². The van der Waals surface area contributed by atoms with Gasteiger partial charge in [-0.2, -0.15) is 5.10 Å². The Labute approximate surface area is 168 Å². The molecule has 6 nitrogen and oxygen atoms in total. The molecule has 0 saturated carbocycles. The summed E-state index contributed by atoms with van der Waals surface area (Å²) in [5.74, 6) is -1.24. The van der Waals surface area contributed by atoms with Crippen molar-refractivity contribution in [3.05, 3.63) is 77.4 Å². The molecular formula is C20H15F4N3O3. The number of amides is 1. The summed E-state index contributed by atoms with van der Waals surface area (Å²) in [5.41, 5.74) is 1.93. The van der Waals surface area contributed by atoms with E-state index in [2.05, 4.69) is 15.2 Å². The molecule has 0 unspecified atom stereocenters. The second kappa shape index (κ2) is 7.79. The Bertz CT molecular complexity index is 1050. The lowest BCUT2D eigenvalue weighted by Crippen LogP contribution is -2.22. The van der Waals surface area contributed by atoms with Gasteiger partial charge in [0.05, 0.1) is 18.8 Å². The number of carbonyl (C=O) groups excluding carboxylic acids is 1. The number of anilines is 1. The van der Waals surface area contributed by atoms with E-state index >= 15 is 0 Å². The average Bonchev–Trinajstić information content (AvgIpc) is 3.12. The molecule has 10 heteroatoms. The summed E-state index contributed by atoms with van der Waals surface area (Å²) in [6.07, 6.45) is -5.11. The van der Waals surface area contributed by atoms with E-state index in [1.807, 2.05) is 0 Å². The van der Waals surface area contributed by atoms with Crippen LogP contribution in [-0.4, -0.2) is 22.1 Å². The topological polar surface area (TPSA) is 65.4 Å². The Balaban J connectivity index is 1.42. The van der Waals surface area contributed by atoms with Crippen molar-refractivity contribution in [3.63, 3.8) is 0 Å². The lowest BCUT2D eigenvalue weighted by Gasteiger charge is -2.24. The van der Waals surface area contributed by atoms with Gasteiger partial charge in [-0.25, -0.2) is 4.39 Å². The summed E-state index contributed by atoms with van der Waals surface area (Å²) in [4.78, 5) is 12.5. The van der Waals surface area contributed by atoms with Crippen LogP contribution in [0.4, 0.5) is 23.2 Å². The second-order valence-corrected chi connectivity index (χ2v) is 6.58. The first-order valence-electron chi connectivity index (χ1n) is 8.88. The van der Waals surface area contributed by atoms with Crippen molar-refractivity contribution in [2.45, 2.75) is 25.6 Å². The highest BCUT2D eigenvalue weighted by atomic mass is 19.4. The molecule has 2 heterocycles. The number of rotatable bonds is 4. The van der Waals surface area contributed by atoms with Crippen LogP contribution in [0.25, 0.3) is 0 Å². The number of nitrogens with one attached hydrogen (secondary N) is 1. The second-order valence-electron chi connectivity index (χ2n) is 6.58. The predicted molar refractivity (Wildman–Crippen MR) is 97.2 cm³/mol. The van der Waals surface area contributed by atoms with Gasteiger partial charge in [-0.1, -0.05) is 12.1 Å². The maximum atomic E-state index is 13.1. The van der Waals surface area contributed by atoms with E-state index in [1.54, 1.807) is 22.9 Å². The smallest absolute Gasteiger partial charge is 0.406 e. The molecular weight excluding hydrogens is 406 g/mol. The molecule has 2 aromatic carbocycles. The van der Waals surface area contributed by atoms with Crippen LogP contribution in [0.5, 0.6) is 5.75 Å². The zero-order chi connectivity index (χ0) is 21.3. The summed E-state index contributed by atoms with van der Waals surface area (Å²) in [6.45, 7) is 0.587. The van der Waals surface area contributed by atoms with E-state index in [9.17, 15) is 22.4 Å². The third-order valence-corrected chi connectivity index (χ3v) is 4.45. The van der Waals surface area contributed by atoms with Crippen LogP contribution in [0.3, 0.4) is 0 Å². The molecule has 0 aliphatic carbocycles. The number of carbonyl (C=O) groups is 1. The van der Waals surface area contributed by atoms with Crippen LogP contribution >= 0.6 is 0 Å². The molecule has 4 rings (SSSR count). The Kier molecular flexibility index (Phi) is 5.17. The number of halogens is 4. The van der Waals surface area contributed by atoms with Crippen LogP contribution < -0.4 is 10.1 Å². The van der Waals surface area contributed by atoms with Gasteiger partial charge in [-0.15, -0.1) is 13.2 Å². The summed E-state index contributed by atoms with van der Waals surface area (Å²) >= 11 is 0. The number of hydrogen-bond acceptors (Lipinski definition) is 4. The minimum absolute atomic E-state index is 0.143. The lowest BCUT2D eigenvalue weighted by molar-refractivity contribution is -0.274. The molecule has 1 N–H and O–H groups in total. The molecule has 1 aliphatic rings. The standard InChI is InChI=1S/C20H15F4N3O3/c21-13-3-1-12(2-4-13)18-10-27-15(11-29-18)9-17(26-27)19(28)25-14-5-7-16(8-6-14)30-20(22,23)24/h1-9,18H,10-11H2,(H,25,28)/t18-/m1/s1. The molecule has 0 radical (unpaired) electrons. The van der Waals surface area contributed by atoms with Gasteiger partial charge in [-0.05, 0) is 48.0 Å². The molecule has 1 aliphatic heterocycles. The quantitative estimate of drug-likeness (QED) is 0.633. The first-order chi connectivity index (χ1) is 14.3. The summed E-state index contributed by atoms with van der Waals surface area (Å²) in [7, 11) is 0. The van der Waals surface area contributed by atoms with Crippen LogP contribution in [0.1, 0.15) is 27.8 Å². The Morgan fingerprint density at radius 2 is 1.83 bits per heavy atom. The lowest BCUT2D eigenvalue weighted by atomic mass is 10.1. The highest BCUT2D eigenvalue weighted by molar-refractivity contribution is 6.02. The van der Waals surface area contributed by atoms with Gasteiger partial charge in [0.25, 0.3) is 5.91 Å². The zero-order valence-electron chi connectivity index (χ0n) is 15.3. The minimum atomic E-state index is -4.78. The van der Waals surface area contributed by atoms with Gasteiger partial charge >= 0.3 is 6.36 Å². The molecule has 1 atom stereocenters. The number of ether oxygens (including phenoxy) is 2. The molecule has 0 spiro atoms. The zero-order valence-corrected chi connectivity index (χ0v) is 15.3. The molecule has 30 heavy (non-hydrogen) atoms. The average molecular weight is 421 g/mol. The van der Waals surface area contributed by atoms with Gasteiger partial charge in [0.2, 0.25) is 0 Å². The maximum Gasteiger partial charge on any atom is 0.573 e. The molecule has 156 valence electrons. The summed E-state index contributed by atoms with van der Waals surface area (Å²) in [6, 6.07) is 12.3. The summed E-state index contributed by atoms with van der Waals surface area (Å²) in [5, 5.41) is 6.86. The molecule has 3 aromatic rings. The fourth-order valence-electron chi connectivity index (χ4n) is 3.05. The van der Waals surface area contributed by atoms with Gasteiger partial charge < -0.3 is 14.8 Å². The van der Waals surface area contributed by atoms with E-state index in [0.29, 0.717) is 17.9 Å². The highest BCUT2D eigenvalue weighted by Gasteiger charge is 2.31. The number of benzene rings is 2. The number of aromatic nitrogens is 2. The minimum Gasteiger partial charge on any atom is -0.406 e. The van der Waals surface area contributed by atoms with E-state index in [-0.39, 0.29) is 30.0 Å². The van der Waals surface area contributed by atoms with Gasteiger partial charge in [0.15, 0.2) is 5.69 Å². The Hall–Kier alpha value is -3.40. The number of fused-ring (bicyclic) bond motifs is 1. The van der Waals surface area contributed by atoms with E-state index < -0.39 is 12.3 Å². The molecule has 1 aromatic heterocycles. The van der Waals surface area contributed by atoms with Crippen molar-refractivity contribution >= 4 is 11.6 Å². The number of hydrogen-bond donors (Lipinski definition) is 1. The van der Waals surface area contributed by atoms with Crippen molar-refractivity contribution in [1.29, 1.82) is 0 Å². The molecule has 0 bridgehead atoms. The fourth-order valence-corrected chi connectivity index (χ4v) is 3.05. The molecule has 0 saturated heterocycles. The van der Waals surface area contributed by atoms with Crippen molar-refractivity contribution < 1.29 is 31.8 Å². The summed E-state index contributed by atoms with van der Waals surface area (Å²) < 4.78 is 60.9. The highest BCUT2D eigenvalue weighted by Crippen LogP contribution is 2.27. The van der Waals surface area contributed by atoms with Crippen LogP contribution in [0.15, 0.2) is 54.6 Å². The van der Waals surface area contributed by atoms with Crippen molar-refractivity contribution in [2.24, 2.45) is 0 Å². The Morgan fingerprint density at radius 1 is 1.13 bits per heavy atom. The monoisotopic (exact) mass is 421 g/mol. The number of alkyl halides is 3. The van der Waals surface area contributed by atoms with Crippen molar-refractivity contribution in [1.82, 2.24) is 9.78 Å². The normalized spacial score (nSPS) is 16.1. The fraction of sp³-hybridized carbons (Fsp3) is 0.200. The maximum absolute atomic E-state index is 13.1. The third kappa shape index (κ3) is 4.60. The van der Waals surface area contributed by atoms with Crippen LogP contribution in [0.2, 0.25) is 0 Å². The van der Waals surface area contributed by atoms with Crippen molar-refractivity contribution in [2.75, 3.05) is 5.32 Å². The molecule has 0 fully saturated rings. The SMILES string of the molecule is O=C(Nc1ccc(OC(F)(F)F)cc1)c1cc2n(n1)C[C@H](c1ccc(F)cc1)OC2. The van der Waals surface area contributed by atoms with Crippen LogP contribution in [0, 0.1) is 5.82 Å². The largest absolute Gasteiger partial charge is 0.573 e. The number of nitrogens with zero attached hydrogens (tertiary/aromatic N) is 2. The molecule has 1 amide bonds.